The van der Waals surface area contributed by atoms with Crippen LogP contribution in [0.5, 0.6) is 5.75 Å². The summed E-state index contributed by atoms with van der Waals surface area (Å²) in [5.74, 6) is 2.55. The smallest absolute Gasteiger partial charge is 0.406 e. The van der Waals surface area contributed by atoms with Gasteiger partial charge in [0.2, 0.25) is 10.0 Å². The maximum Gasteiger partial charge on any atom is 0.573 e. The molecule has 1 saturated carbocycles. The van der Waals surface area contributed by atoms with E-state index in [1.54, 1.807) is 17.5 Å². The minimum atomic E-state index is -4.84. The van der Waals surface area contributed by atoms with Gasteiger partial charge >= 0.3 is 6.36 Å². The van der Waals surface area contributed by atoms with Crippen LogP contribution in [-0.2, 0) is 16.6 Å². The molecule has 3 fully saturated rings. The van der Waals surface area contributed by atoms with E-state index in [0.717, 1.165) is 114 Å². The van der Waals surface area contributed by atoms with Gasteiger partial charge in [-0.15, -0.1) is 24.5 Å². The van der Waals surface area contributed by atoms with E-state index < -0.39 is 22.1 Å². The lowest BCUT2D eigenvalue weighted by Gasteiger charge is -2.36. The van der Waals surface area contributed by atoms with Crippen LogP contribution in [0.4, 0.5) is 41.6 Å². The number of piperazine rings is 2. The number of hydrogen-bond donors (Lipinski definition) is 2. The summed E-state index contributed by atoms with van der Waals surface area (Å²) >= 11 is 7.69. The van der Waals surface area contributed by atoms with Crippen molar-refractivity contribution in [2.45, 2.75) is 36.7 Å². The monoisotopic (exact) mass is 929 g/mol. The summed E-state index contributed by atoms with van der Waals surface area (Å²) in [4.78, 5) is 30.3. The molecule has 5 heterocycles. The third-order valence-electron chi connectivity index (χ3n) is 10.9. The summed E-state index contributed by atoms with van der Waals surface area (Å²) in [6.45, 7) is 5.82. The molecule has 3 aromatic heterocycles. The summed E-state index contributed by atoms with van der Waals surface area (Å²) in [6, 6.07) is 28.3. The fourth-order valence-corrected chi connectivity index (χ4v) is 9.69. The van der Waals surface area contributed by atoms with E-state index in [-0.39, 0.29) is 18.0 Å². The maximum atomic E-state index is 13.0. The molecule has 0 spiro atoms. The molecule has 7 aromatic rings. The standard InChI is InChI=1S/C22H21ClN6S.C22H22F3N5O3S/c23-17-5-3-4-16(14-17)15-28-9-11-29(12-10-28)21-20(27-22-24-8-13-30-22)25-18-6-1-2-7-19(18)26-21;23-22(24,25)33-16-7-9-17(10-8-16)34(31,32)30-13-11-29(12-14-30)21-20(26-15-5-6-15)27-18-3-1-2-4-19(18)28-21/h1-8,13-14H,9-12,15H2,(H,24,25,27);1-4,7-10,15H,5-6,11-14H2,(H,26,27). The molecular weight excluding hydrogens is 887 g/mol. The van der Waals surface area contributed by atoms with Crippen molar-refractivity contribution in [3.63, 3.8) is 0 Å². The zero-order valence-electron chi connectivity index (χ0n) is 34.3. The van der Waals surface area contributed by atoms with Gasteiger partial charge in [-0.05, 0) is 79.1 Å². The highest BCUT2D eigenvalue weighted by molar-refractivity contribution is 7.89. The number of nitrogens with zero attached hydrogens (tertiary/aromatic N) is 9. The molecule has 14 nitrogen and oxygen atoms in total. The molecule has 10 rings (SSSR count). The minimum Gasteiger partial charge on any atom is -0.406 e. The number of halogens is 4. The molecular formula is C44H43ClF3N11O3S2. The zero-order valence-corrected chi connectivity index (χ0v) is 36.7. The van der Waals surface area contributed by atoms with Gasteiger partial charge in [-0.2, -0.15) is 4.31 Å². The third kappa shape index (κ3) is 10.6. The molecule has 4 aromatic carbocycles. The van der Waals surface area contributed by atoms with Crippen molar-refractivity contribution < 1.29 is 26.3 Å². The number of alkyl halides is 3. The number of hydrogen-bond acceptors (Lipinski definition) is 14. The van der Waals surface area contributed by atoms with Gasteiger partial charge in [0.25, 0.3) is 0 Å². The largest absolute Gasteiger partial charge is 0.573 e. The van der Waals surface area contributed by atoms with Crippen LogP contribution in [0.1, 0.15) is 18.4 Å². The topological polar surface area (TPSA) is 145 Å². The average Bonchev–Trinajstić information content (AvgIpc) is 3.96. The van der Waals surface area contributed by atoms with Crippen LogP contribution in [0.15, 0.2) is 114 Å². The lowest BCUT2D eigenvalue weighted by molar-refractivity contribution is -0.274. The Kier molecular flexibility index (Phi) is 12.7. The van der Waals surface area contributed by atoms with Crippen LogP contribution < -0.4 is 25.2 Å². The highest BCUT2D eigenvalue weighted by Crippen LogP contribution is 2.33. The first-order chi connectivity index (χ1) is 30.9. The normalized spacial score (nSPS) is 16.4. The molecule has 1 aliphatic carbocycles. The van der Waals surface area contributed by atoms with E-state index >= 15 is 0 Å². The van der Waals surface area contributed by atoms with E-state index in [1.807, 2.05) is 77.0 Å². The molecule has 0 radical (unpaired) electrons. The number of anilines is 5. The maximum absolute atomic E-state index is 13.0. The van der Waals surface area contributed by atoms with Gasteiger partial charge in [-0.25, -0.2) is 33.3 Å². The number of nitrogens with one attached hydrogen (secondary N) is 2. The molecule has 0 unspecified atom stereocenters. The van der Waals surface area contributed by atoms with Crippen molar-refractivity contribution in [3.8, 4) is 5.75 Å². The number of ether oxygens (including phenoxy) is 1. The van der Waals surface area contributed by atoms with Gasteiger partial charge in [0.1, 0.15) is 5.75 Å². The van der Waals surface area contributed by atoms with Gasteiger partial charge in [0.05, 0.1) is 27.0 Å². The van der Waals surface area contributed by atoms with E-state index in [0.29, 0.717) is 30.8 Å². The van der Waals surface area contributed by atoms with Gasteiger partial charge in [-0.1, -0.05) is 48.0 Å². The minimum absolute atomic E-state index is 0.0861. The Morgan fingerprint density at radius 3 is 1.86 bits per heavy atom. The Morgan fingerprint density at radius 1 is 0.719 bits per heavy atom. The van der Waals surface area contributed by atoms with E-state index in [4.69, 9.17) is 31.5 Å². The molecule has 20 heteroatoms. The third-order valence-corrected chi connectivity index (χ3v) is 13.7. The summed E-state index contributed by atoms with van der Waals surface area (Å²) < 4.78 is 68.3. The van der Waals surface area contributed by atoms with Crippen molar-refractivity contribution in [3.05, 3.63) is 119 Å². The number of thiazole rings is 1. The van der Waals surface area contributed by atoms with Gasteiger partial charge < -0.3 is 25.2 Å². The molecule has 2 saturated heterocycles. The average molecular weight is 930 g/mol. The summed E-state index contributed by atoms with van der Waals surface area (Å²) in [5.41, 5.74) is 4.56. The van der Waals surface area contributed by atoms with Crippen molar-refractivity contribution in [1.29, 1.82) is 0 Å². The Bertz CT molecular complexity index is 2820. The molecule has 2 N–H and O–H groups in total. The van der Waals surface area contributed by atoms with Crippen molar-refractivity contribution in [2.75, 3.05) is 72.8 Å². The molecule has 332 valence electrons. The van der Waals surface area contributed by atoms with E-state index in [1.165, 1.54) is 9.87 Å². The zero-order chi connectivity index (χ0) is 44.3. The van der Waals surface area contributed by atoms with E-state index in [2.05, 4.69) is 36.2 Å². The second-order valence-electron chi connectivity index (χ2n) is 15.5. The van der Waals surface area contributed by atoms with Crippen molar-refractivity contribution >= 4 is 83.4 Å². The number of benzene rings is 4. The first kappa shape index (κ1) is 43.4. The van der Waals surface area contributed by atoms with E-state index in [9.17, 15) is 21.6 Å². The SMILES string of the molecule is Clc1cccc(CN2CCN(c3nc4ccccc4nc3Nc3nccs3)CC2)c1.O=S(=O)(c1ccc(OC(F)(F)F)cc1)N1CCN(c2nc3ccccc3nc2NC2CC2)CC1. The first-order valence-electron chi connectivity index (χ1n) is 20.7. The first-order valence-corrected chi connectivity index (χ1v) is 23.4. The lowest BCUT2D eigenvalue weighted by Crippen LogP contribution is -2.49. The number of sulfonamides is 1. The predicted molar refractivity (Wildman–Crippen MR) is 244 cm³/mol. The van der Waals surface area contributed by atoms with Crippen molar-refractivity contribution in [2.24, 2.45) is 0 Å². The molecule has 0 bridgehead atoms. The Labute approximate surface area is 376 Å². The molecule has 0 atom stereocenters. The molecule has 2 aliphatic heterocycles. The lowest BCUT2D eigenvalue weighted by atomic mass is 10.2. The van der Waals surface area contributed by atoms with Crippen LogP contribution in [0, 0.1) is 0 Å². The Hall–Kier alpha value is -5.86. The second-order valence-corrected chi connectivity index (χ2v) is 18.7. The highest BCUT2D eigenvalue weighted by Gasteiger charge is 2.33. The van der Waals surface area contributed by atoms with Crippen LogP contribution in [0.2, 0.25) is 5.02 Å². The quantitative estimate of drug-likeness (QED) is 0.128. The summed E-state index contributed by atoms with van der Waals surface area (Å²) in [5, 5.41) is 10.3. The van der Waals surface area contributed by atoms with Gasteiger partial charge in [-0.3, -0.25) is 4.90 Å². The second kappa shape index (κ2) is 18.7. The fourth-order valence-electron chi connectivity index (χ4n) is 7.52. The van der Waals surface area contributed by atoms with Crippen LogP contribution in [0.25, 0.3) is 22.1 Å². The predicted octanol–water partition coefficient (Wildman–Crippen LogP) is 8.42. The molecule has 0 amide bonds. The van der Waals surface area contributed by atoms with Gasteiger partial charge in [0.15, 0.2) is 28.4 Å². The number of rotatable bonds is 11. The van der Waals surface area contributed by atoms with Crippen molar-refractivity contribution in [1.82, 2.24) is 34.1 Å². The van der Waals surface area contributed by atoms with Crippen LogP contribution in [0.3, 0.4) is 0 Å². The summed E-state index contributed by atoms with van der Waals surface area (Å²) in [7, 11) is -3.86. The number of para-hydroxylation sites is 4. The number of fused-ring (bicyclic) bond motifs is 2. The van der Waals surface area contributed by atoms with Crippen LogP contribution >= 0.6 is 22.9 Å². The summed E-state index contributed by atoms with van der Waals surface area (Å²) in [6.07, 6.45) is -0.898. The van der Waals surface area contributed by atoms with Gasteiger partial charge in [0, 0.05) is 81.5 Å². The fraction of sp³-hybridized carbons (Fsp3) is 0.295. The number of aromatic nitrogens is 5. The highest BCUT2D eigenvalue weighted by atomic mass is 35.5. The Morgan fingerprint density at radius 2 is 1.30 bits per heavy atom. The molecule has 3 aliphatic rings. The molecule has 64 heavy (non-hydrogen) atoms. The van der Waals surface area contributed by atoms with Crippen LogP contribution in [-0.4, -0.2) is 107 Å². The Balaban J connectivity index is 0.000000163.